The van der Waals surface area contributed by atoms with Crippen molar-refractivity contribution in [1.82, 2.24) is 0 Å². The molecular weight excluding hydrogens is 444 g/mol. The Morgan fingerprint density at radius 1 is 1.11 bits per heavy atom. The van der Waals surface area contributed by atoms with E-state index < -0.39 is 11.2 Å². The largest absolute Gasteiger partial charge is 0.490 e. The molecule has 3 rings (SSSR count). The van der Waals surface area contributed by atoms with E-state index in [4.69, 9.17) is 21.1 Å². The first kappa shape index (κ1) is 20.1. The highest BCUT2D eigenvalue weighted by molar-refractivity contribution is 9.10. The van der Waals surface area contributed by atoms with Crippen LogP contribution in [0.4, 0.5) is 0 Å². The van der Waals surface area contributed by atoms with Crippen molar-refractivity contribution in [3.05, 3.63) is 76.3 Å². The van der Waals surface area contributed by atoms with Crippen LogP contribution in [0.15, 0.2) is 65.1 Å². The van der Waals surface area contributed by atoms with Crippen molar-refractivity contribution in [3.63, 3.8) is 0 Å². The van der Waals surface area contributed by atoms with Gasteiger partial charge in [-0.1, -0.05) is 36.4 Å². The summed E-state index contributed by atoms with van der Waals surface area (Å²) in [4.78, 5) is 23.8. The lowest BCUT2D eigenvalue weighted by molar-refractivity contribution is -0.107. The minimum absolute atomic E-state index is 0.272. The summed E-state index contributed by atoms with van der Waals surface area (Å²) in [5, 5.41) is 1.18. The number of allylic oxidation sites excluding steroid dienone is 1. The maximum Gasteiger partial charge on any atom is 0.344 e. The van der Waals surface area contributed by atoms with E-state index >= 15 is 0 Å². The van der Waals surface area contributed by atoms with E-state index in [1.807, 2.05) is 43.3 Å². The normalized spacial score (nSPS) is 11.0. The molecule has 28 heavy (non-hydrogen) atoms. The first-order chi connectivity index (χ1) is 13.5. The Kier molecular flexibility index (Phi) is 6.49. The highest BCUT2D eigenvalue weighted by Gasteiger charge is 2.18. The monoisotopic (exact) mass is 458 g/mol. The number of halogens is 2. The number of fused-ring (bicyclic) bond motifs is 1. The third-order valence-corrected chi connectivity index (χ3v) is 4.66. The molecule has 0 heterocycles. The average molecular weight is 460 g/mol. The minimum Gasteiger partial charge on any atom is -0.490 e. The Morgan fingerprint density at radius 3 is 2.61 bits per heavy atom. The third-order valence-electron chi connectivity index (χ3n) is 3.94. The molecule has 0 amide bonds. The van der Waals surface area contributed by atoms with Gasteiger partial charge in [-0.15, -0.1) is 0 Å². The molecule has 0 saturated carbocycles. The van der Waals surface area contributed by atoms with Gasteiger partial charge >= 0.3 is 5.97 Å². The second kappa shape index (κ2) is 9.04. The lowest BCUT2D eigenvalue weighted by Crippen LogP contribution is -2.11. The summed E-state index contributed by atoms with van der Waals surface area (Å²) >= 11 is 8.76. The topological polar surface area (TPSA) is 52.6 Å². The van der Waals surface area contributed by atoms with Crippen LogP contribution < -0.4 is 9.47 Å². The Hall–Kier alpha value is -2.63. The van der Waals surface area contributed by atoms with E-state index in [-0.39, 0.29) is 5.75 Å². The van der Waals surface area contributed by atoms with Crippen LogP contribution >= 0.6 is 27.5 Å². The van der Waals surface area contributed by atoms with Gasteiger partial charge in [0, 0.05) is 0 Å². The summed E-state index contributed by atoms with van der Waals surface area (Å²) in [6.45, 7) is 2.21. The Balaban J connectivity index is 1.98. The number of carbonyl (C=O) groups excluding carboxylic acids is 2. The first-order valence-electron chi connectivity index (χ1n) is 8.53. The van der Waals surface area contributed by atoms with Crippen LogP contribution in [0.25, 0.3) is 16.8 Å². The van der Waals surface area contributed by atoms with Gasteiger partial charge < -0.3 is 9.47 Å². The zero-order valence-corrected chi connectivity index (χ0v) is 17.3. The summed E-state index contributed by atoms with van der Waals surface area (Å²) in [6.07, 6.45) is 2.79. The van der Waals surface area contributed by atoms with Gasteiger partial charge in [-0.2, -0.15) is 0 Å². The fourth-order valence-electron chi connectivity index (χ4n) is 2.76. The fourth-order valence-corrected chi connectivity index (χ4v) is 3.36. The summed E-state index contributed by atoms with van der Waals surface area (Å²) in [5.41, 5.74) is 1.14. The van der Waals surface area contributed by atoms with Crippen molar-refractivity contribution in [2.45, 2.75) is 6.92 Å². The van der Waals surface area contributed by atoms with Crippen LogP contribution in [-0.2, 0) is 4.79 Å². The van der Waals surface area contributed by atoms with Crippen molar-refractivity contribution < 1.29 is 19.1 Å². The van der Waals surface area contributed by atoms with Gasteiger partial charge in [-0.05, 0) is 81.1 Å². The predicted octanol–water partition coefficient (Wildman–Crippen LogP) is 6.00. The van der Waals surface area contributed by atoms with Gasteiger partial charge in [-0.3, -0.25) is 4.79 Å². The maximum absolute atomic E-state index is 12.9. The number of hydrogen-bond acceptors (Lipinski definition) is 4. The third kappa shape index (κ3) is 4.61. The molecule has 0 aliphatic rings. The van der Waals surface area contributed by atoms with Gasteiger partial charge in [0.25, 0.3) is 0 Å². The molecule has 4 nitrogen and oxygen atoms in total. The molecule has 0 atom stereocenters. The first-order valence-corrected chi connectivity index (χ1v) is 9.70. The minimum atomic E-state index is -0.583. The maximum atomic E-state index is 12.9. The highest BCUT2D eigenvalue weighted by atomic mass is 79.9. The molecule has 0 unspecified atom stereocenters. The second-order valence-corrected chi connectivity index (χ2v) is 7.04. The number of esters is 1. The van der Waals surface area contributed by atoms with Crippen LogP contribution in [0.5, 0.6) is 11.5 Å². The molecule has 3 aromatic rings. The predicted molar refractivity (Wildman–Crippen MR) is 114 cm³/mol. The molecule has 3 aromatic carbocycles. The Morgan fingerprint density at radius 2 is 1.86 bits per heavy atom. The fraction of sp³-hybridized carbons (Fsp3) is 0.0909. The molecule has 0 aliphatic heterocycles. The number of carbonyl (C=O) groups is 2. The van der Waals surface area contributed by atoms with Gasteiger partial charge in [-0.25, -0.2) is 4.79 Å². The molecule has 142 valence electrons. The molecular formula is C22H16BrClO4. The van der Waals surface area contributed by atoms with Crippen LogP contribution in [-0.4, -0.2) is 17.8 Å². The van der Waals surface area contributed by atoms with E-state index in [1.54, 1.807) is 24.3 Å². The molecule has 0 N–H and O–H groups in total. The summed E-state index contributed by atoms with van der Waals surface area (Å²) < 4.78 is 11.8. The quantitative estimate of drug-likeness (QED) is 0.196. The molecule has 0 aliphatic carbocycles. The molecule has 0 saturated heterocycles. The van der Waals surface area contributed by atoms with E-state index in [0.717, 1.165) is 10.8 Å². The number of benzene rings is 3. The van der Waals surface area contributed by atoms with Crippen LogP contribution in [0.3, 0.4) is 0 Å². The van der Waals surface area contributed by atoms with E-state index in [0.29, 0.717) is 28.0 Å². The summed E-state index contributed by atoms with van der Waals surface area (Å²) in [7, 11) is 0. The lowest BCUT2D eigenvalue weighted by atomic mass is 10.0. The van der Waals surface area contributed by atoms with Crippen molar-refractivity contribution in [2.75, 3.05) is 6.61 Å². The van der Waals surface area contributed by atoms with Crippen LogP contribution in [0, 0.1) is 0 Å². The molecule has 0 aromatic heterocycles. The standard InChI is InChI=1S/C22H16BrClO4/c1-2-27-19-13-14(10-11-20(24)25)12-18(23)21(19)28-22(26)17-9-5-7-15-6-3-4-8-16(15)17/h3-13H,2H2,1H3/b11-10+. The second-order valence-electron chi connectivity index (χ2n) is 5.82. The van der Waals surface area contributed by atoms with Crippen LogP contribution in [0.2, 0.25) is 0 Å². The Labute approximate surface area is 175 Å². The van der Waals surface area contributed by atoms with Gasteiger partial charge in [0.1, 0.15) is 0 Å². The number of ether oxygens (including phenoxy) is 2. The summed E-state index contributed by atoms with van der Waals surface area (Å²) in [5.74, 6) is 0.166. The Bertz CT molecular complexity index is 1070. The highest BCUT2D eigenvalue weighted by Crippen LogP contribution is 2.38. The van der Waals surface area contributed by atoms with Crippen molar-refractivity contribution in [1.29, 1.82) is 0 Å². The lowest BCUT2D eigenvalue weighted by Gasteiger charge is -2.14. The van der Waals surface area contributed by atoms with Crippen LogP contribution in [0.1, 0.15) is 22.8 Å². The molecule has 0 bridgehead atoms. The summed E-state index contributed by atoms with van der Waals surface area (Å²) in [6, 6.07) is 16.5. The van der Waals surface area contributed by atoms with Gasteiger partial charge in [0.15, 0.2) is 11.5 Å². The zero-order valence-electron chi connectivity index (χ0n) is 14.9. The van der Waals surface area contributed by atoms with Crippen molar-refractivity contribution in [3.8, 4) is 11.5 Å². The van der Waals surface area contributed by atoms with Gasteiger partial charge in [0.05, 0.1) is 16.6 Å². The van der Waals surface area contributed by atoms with Crippen molar-refractivity contribution >= 4 is 55.6 Å². The van der Waals surface area contributed by atoms with Crippen molar-refractivity contribution in [2.24, 2.45) is 0 Å². The number of hydrogen-bond donors (Lipinski definition) is 0. The molecule has 0 spiro atoms. The number of rotatable bonds is 6. The van der Waals surface area contributed by atoms with E-state index in [2.05, 4.69) is 15.9 Å². The molecule has 0 fully saturated rings. The van der Waals surface area contributed by atoms with Gasteiger partial charge in [0.2, 0.25) is 5.24 Å². The SMILES string of the molecule is CCOc1cc(/C=C/C(=O)Cl)cc(Br)c1OC(=O)c1cccc2ccccc12. The van der Waals surface area contributed by atoms with E-state index in [1.165, 1.54) is 6.08 Å². The zero-order chi connectivity index (χ0) is 20.1. The molecule has 0 radical (unpaired) electrons. The molecule has 6 heteroatoms. The van der Waals surface area contributed by atoms with E-state index in [9.17, 15) is 9.59 Å². The smallest absolute Gasteiger partial charge is 0.344 e. The average Bonchev–Trinajstić information content (AvgIpc) is 2.68.